The summed E-state index contributed by atoms with van der Waals surface area (Å²) in [7, 11) is 1.61. The monoisotopic (exact) mass is 295 g/mol. The van der Waals surface area contributed by atoms with Gasteiger partial charge >= 0.3 is 6.61 Å². The predicted octanol–water partition coefficient (Wildman–Crippen LogP) is 3.46. The number of nitrogens with zero attached hydrogens (tertiary/aromatic N) is 1. The molecule has 0 N–H and O–H groups in total. The first kappa shape index (κ1) is 15.0. The summed E-state index contributed by atoms with van der Waals surface area (Å²) in [5, 5.41) is 0. The van der Waals surface area contributed by atoms with Crippen LogP contribution in [0.5, 0.6) is 5.75 Å². The van der Waals surface area contributed by atoms with Gasteiger partial charge in [0.15, 0.2) is 0 Å². The zero-order valence-corrected chi connectivity index (χ0v) is 11.7. The lowest BCUT2D eigenvalue weighted by atomic mass is 10.2. The Bertz CT molecular complexity index is 625. The van der Waals surface area contributed by atoms with Gasteiger partial charge in [-0.2, -0.15) is 8.78 Å². The Balaban J connectivity index is 2.08. The Kier molecular flexibility index (Phi) is 4.57. The van der Waals surface area contributed by atoms with E-state index >= 15 is 0 Å². The summed E-state index contributed by atoms with van der Waals surface area (Å²) in [6, 6.07) is 9.30. The second kappa shape index (κ2) is 6.39. The summed E-state index contributed by atoms with van der Waals surface area (Å²) < 4.78 is 34.0. The Morgan fingerprint density at radius 2 is 2.10 bits per heavy atom. The average Bonchev–Trinajstić information content (AvgIpc) is 2.82. The summed E-state index contributed by atoms with van der Waals surface area (Å²) in [5.41, 5.74) is 0.277. The van der Waals surface area contributed by atoms with Crippen LogP contribution in [0.25, 0.3) is 0 Å². The lowest BCUT2D eigenvalue weighted by Crippen LogP contribution is -2.26. The molecule has 0 saturated carbocycles. The molecular weight excluding hydrogens is 280 g/mol. The molecule has 0 unspecified atom stereocenters. The van der Waals surface area contributed by atoms with Crippen molar-refractivity contribution in [1.82, 2.24) is 4.90 Å². The minimum absolute atomic E-state index is 0.0434. The van der Waals surface area contributed by atoms with Crippen molar-refractivity contribution in [2.75, 3.05) is 7.05 Å². The number of rotatable bonds is 5. The molecule has 21 heavy (non-hydrogen) atoms. The normalized spacial score (nSPS) is 10.7. The zero-order chi connectivity index (χ0) is 15.4. The van der Waals surface area contributed by atoms with E-state index in [0.717, 1.165) is 5.76 Å². The number of benzene rings is 1. The summed E-state index contributed by atoms with van der Waals surface area (Å²) in [6.07, 6.45) is 0. The lowest BCUT2D eigenvalue weighted by Gasteiger charge is -2.16. The van der Waals surface area contributed by atoms with Crippen LogP contribution in [0.2, 0.25) is 0 Å². The van der Waals surface area contributed by atoms with Crippen molar-refractivity contribution in [1.29, 1.82) is 0 Å². The zero-order valence-electron chi connectivity index (χ0n) is 11.7. The molecule has 2 aromatic rings. The maximum Gasteiger partial charge on any atom is 0.387 e. The fraction of sp³-hybridized carbons (Fsp3) is 0.267. The number of furan rings is 1. The molecule has 0 atom stereocenters. The van der Waals surface area contributed by atoms with Gasteiger partial charge in [-0.15, -0.1) is 0 Å². The van der Waals surface area contributed by atoms with Crippen LogP contribution in [0, 0.1) is 6.92 Å². The molecule has 1 heterocycles. The predicted molar refractivity (Wildman–Crippen MR) is 72.3 cm³/mol. The second-order valence-electron chi connectivity index (χ2n) is 4.58. The molecule has 0 radical (unpaired) electrons. The SMILES string of the molecule is Cc1ccc(CN(C)C(=O)c2cccc(OC(F)F)c2)o1. The molecule has 0 aliphatic rings. The number of aryl methyl sites for hydroxylation is 1. The van der Waals surface area contributed by atoms with Crippen molar-refractivity contribution in [3.05, 3.63) is 53.5 Å². The lowest BCUT2D eigenvalue weighted by molar-refractivity contribution is -0.0499. The van der Waals surface area contributed by atoms with E-state index in [-0.39, 0.29) is 17.2 Å². The Morgan fingerprint density at radius 1 is 1.33 bits per heavy atom. The van der Waals surface area contributed by atoms with Crippen molar-refractivity contribution in [2.24, 2.45) is 0 Å². The fourth-order valence-electron chi connectivity index (χ4n) is 1.90. The van der Waals surface area contributed by atoms with Gasteiger partial charge in [0.05, 0.1) is 6.54 Å². The minimum atomic E-state index is -2.92. The largest absolute Gasteiger partial charge is 0.464 e. The van der Waals surface area contributed by atoms with Crippen LogP contribution in [0.3, 0.4) is 0 Å². The van der Waals surface area contributed by atoms with E-state index in [2.05, 4.69) is 4.74 Å². The molecule has 0 aliphatic carbocycles. The Labute approximate surface area is 120 Å². The number of carbonyl (C=O) groups excluding carboxylic acids is 1. The van der Waals surface area contributed by atoms with Crippen LogP contribution in [-0.4, -0.2) is 24.5 Å². The standard InChI is InChI=1S/C15H15F2NO3/c1-10-6-7-13(20-10)9-18(2)14(19)11-4-3-5-12(8-11)21-15(16)17/h3-8,15H,9H2,1-2H3. The minimum Gasteiger partial charge on any atom is -0.464 e. The third-order valence-electron chi connectivity index (χ3n) is 2.84. The first-order chi connectivity index (χ1) is 9.95. The number of hydrogen-bond acceptors (Lipinski definition) is 3. The van der Waals surface area contributed by atoms with Crippen molar-refractivity contribution in [3.8, 4) is 5.75 Å². The van der Waals surface area contributed by atoms with E-state index in [1.54, 1.807) is 19.2 Å². The number of alkyl halides is 2. The highest BCUT2D eigenvalue weighted by molar-refractivity contribution is 5.94. The molecule has 1 amide bonds. The number of carbonyl (C=O) groups is 1. The van der Waals surface area contributed by atoms with E-state index in [1.807, 2.05) is 13.0 Å². The molecule has 0 fully saturated rings. The van der Waals surface area contributed by atoms with Gasteiger partial charge < -0.3 is 14.1 Å². The van der Waals surface area contributed by atoms with Crippen molar-refractivity contribution >= 4 is 5.91 Å². The van der Waals surface area contributed by atoms with Gasteiger partial charge in [-0.3, -0.25) is 4.79 Å². The Hall–Kier alpha value is -2.37. The third kappa shape index (κ3) is 4.05. The molecule has 6 heteroatoms. The van der Waals surface area contributed by atoms with Crippen LogP contribution >= 0.6 is 0 Å². The summed E-state index contributed by atoms with van der Waals surface area (Å²) >= 11 is 0. The second-order valence-corrected chi connectivity index (χ2v) is 4.58. The summed E-state index contributed by atoms with van der Waals surface area (Å²) in [6.45, 7) is -0.803. The maximum absolute atomic E-state index is 12.2. The van der Waals surface area contributed by atoms with Crippen LogP contribution in [-0.2, 0) is 6.54 Å². The first-order valence-electron chi connectivity index (χ1n) is 6.31. The van der Waals surface area contributed by atoms with Gasteiger partial charge in [-0.1, -0.05) is 6.07 Å². The van der Waals surface area contributed by atoms with Crippen molar-refractivity contribution in [2.45, 2.75) is 20.1 Å². The molecule has 1 aromatic heterocycles. The van der Waals surface area contributed by atoms with Crippen LogP contribution in [0.1, 0.15) is 21.9 Å². The average molecular weight is 295 g/mol. The summed E-state index contributed by atoms with van der Waals surface area (Å²) in [5.74, 6) is 1.07. The number of ether oxygens (including phenoxy) is 1. The molecule has 2 rings (SSSR count). The quantitative estimate of drug-likeness (QED) is 0.848. The van der Waals surface area contributed by atoms with E-state index in [4.69, 9.17) is 4.42 Å². The highest BCUT2D eigenvalue weighted by Gasteiger charge is 2.15. The van der Waals surface area contributed by atoms with E-state index in [0.29, 0.717) is 12.3 Å². The first-order valence-corrected chi connectivity index (χ1v) is 6.31. The molecule has 0 saturated heterocycles. The van der Waals surface area contributed by atoms with E-state index in [1.165, 1.54) is 23.1 Å². The molecular formula is C15H15F2NO3. The van der Waals surface area contributed by atoms with Gasteiger partial charge in [0, 0.05) is 12.6 Å². The third-order valence-corrected chi connectivity index (χ3v) is 2.84. The topological polar surface area (TPSA) is 42.7 Å². The number of amides is 1. The van der Waals surface area contributed by atoms with Crippen molar-refractivity contribution in [3.63, 3.8) is 0 Å². The van der Waals surface area contributed by atoms with Gasteiger partial charge in [-0.25, -0.2) is 0 Å². The van der Waals surface area contributed by atoms with Crippen LogP contribution < -0.4 is 4.74 Å². The molecule has 0 aliphatic heterocycles. The van der Waals surface area contributed by atoms with Gasteiger partial charge in [-0.05, 0) is 37.3 Å². The number of hydrogen-bond donors (Lipinski definition) is 0. The van der Waals surface area contributed by atoms with E-state index in [9.17, 15) is 13.6 Å². The molecule has 4 nitrogen and oxygen atoms in total. The Morgan fingerprint density at radius 3 is 2.71 bits per heavy atom. The summed E-state index contributed by atoms with van der Waals surface area (Å²) in [4.78, 5) is 13.7. The molecule has 0 bridgehead atoms. The highest BCUT2D eigenvalue weighted by Crippen LogP contribution is 2.18. The highest BCUT2D eigenvalue weighted by atomic mass is 19.3. The van der Waals surface area contributed by atoms with Crippen molar-refractivity contribution < 1.29 is 22.7 Å². The fourth-order valence-corrected chi connectivity index (χ4v) is 1.90. The van der Waals surface area contributed by atoms with Gasteiger partial charge in [0.1, 0.15) is 17.3 Å². The van der Waals surface area contributed by atoms with Gasteiger partial charge in [0.25, 0.3) is 5.91 Å². The van der Waals surface area contributed by atoms with Crippen LogP contribution in [0.15, 0.2) is 40.8 Å². The molecule has 112 valence electrons. The molecule has 1 aromatic carbocycles. The molecule has 0 spiro atoms. The van der Waals surface area contributed by atoms with E-state index < -0.39 is 6.61 Å². The van der Waals surface area contributed by atoms with Crippen LogP contribution in [0.4, 0.5) is 8.78 Å². The number of halogens is 2. The van der Waals surface area contributed by atoms with Gasteiger partial charge in [0.2, 0.25) is 0 Å². The maximum atomic E-state index is 12.2. The smallest absolute Gasteiger partial charge is 0.387 e.